The highest BCUT2D eigenvalue weighted by atomic mass is 19.3. The Bertz CT molecular complexity index is 788. The van der Waals surface area contributed by atoms with Gasteiger partial charge in [-0.05, 0) is 42.3 Å². The first kappa shape index (κ1) is 19.1. The maximum atomic E-state index is 12.1. The molecule has 2 aromatic carbocycles. The molecule has 0 heterocycles. The minimum absolute atomic E-state index is 0.0209. The van der Waals surface area contributed by atoms with Crippen LogP contribution in [0, 0.1) is 6.92 Å². The zero-order valence-electron chi connectivity index (χ0n) is 13.9. The molecule has 0 saturated heterocycles. The first-order valence-corrected chi connectivity index (χ1v) is 7.69. The molecule has 0 unspecified atom stereocenters. The normalized spacial score (nSPS) is 10.8. The molecule has 0 aromatic heterocycles. The lowest BCUT2D eigenvalue weighted by Gasteiger charge is -2.07. The van der Waals surface area contributed by atoms with Crippen molar-refractivity contribution in [1.82, 2.24) is 0 Å². The van der Waals surface area contributed by atoms with Crippen molar-refractivity contribution in [3.63, 3.8) is 0 Å². The van der Waals surface area contributed by atoms with Crippen molar-refractivity contribution in [3.05, 3.63) is 65.7 Å². The Kier molecular flexibility index (Phi) is 6.84. The molecule has 1 amide bonds. The molecule has 0 aliphatic rings. The lowest BCUT2D eigenvalue weighted by Crippen LogP contribution is -2.20. The zero-order valence-corrected chi connectivity index (χ0v) is 13.9. The highest BCUT2D eigenvalue weighted by Gasteiger charge is 2.07. The van der Waals surface area contributed by atoms with E-state index in [0.29, 0.717) is 11.3 Å². The number of carbonyl (C=O) groups is 2. The lowest BCUT2D eigenvalue weighted by molar-refractivity contribution is -0.142. The number of halogens is 2. The summed E-state index contributed by atoms with van der Waals surface area (Å²) in [5.41, 5.74) is 2.13. The molecule has 0 saturated carbocycles. The molecule has 136 valence electrons. The van der Waals surface area contributed by atoms with E-state index in [2.05, 4.69) is 10.1 Å². The maximum absolute atomic E-state index is 12.1. The van der Waals surface area contributed by atoms with Crippen molar-refractivity contribution < 1.29 is 27.8 Å². The number of carbonyl (C=O) groups excluding carboxylic acids is 2. The van der Waals surface area contributed by atoms with Crippen LogP contribution in [0.3, 0.4) is 0 Å². The molecule has 26 heavy (non-hydrogen) atoms. The average Bonchev–Trinajstić information content (AvgIpc) is 2.61. The SMILES string of the molecule is Cc1ccccc1NC(=O)COC(=O)C=Cc1ccc(OC(F)F)cc1. The van der Waals surface area contributed by atoms with Crippen LogP contribution in [0.2, 0.25) is 0 Å². The fraction of sp³-hybridized carbons (Fsp3) is 0.158. The number of hydrogen-bond acceptors (Lipinski definition) is 4. The molecule has 0 radical (unpaired) electrons. The predicted octanol–water partition coefficient (Wildman–Crippen LogP) is 3.79. The van der Waals surface area contributed by atoms with Crippen LogP contribution in [-0.4, -0.2) is 25.1 Å². The summed E-state index contributed by atoms with van der Waals surface area (Å²) in [6.07, 6.45) is 2.58. The van der Waals surface area contributed by atoms with Crippen LogP contribution in [0.5, 0.6) is 5.75 Å². The van der Waals surface area contributed by atoms with Gasteiger partial charge in [-0.3, -0.25) is 4.79 Å². The number of nitrogens with one attached hydrogen (secondary N) is 1. The second kappa shape index (κ2) is 9.31. The van der Waals surface area contributed by atoms with Crippen molar-refractivity contribution in [1.29, 1.82) is 0 Å². The largest absolute Gasteiger partial charge is 0.452 e. The first-order valence-electron chi connectivity index (χ1n) is 7.69. The minimum atomic E-state index is -2.89. The number of ether oxygens (including phenoxy) is 2. The van der Waals surface area contributed by atoms with Gasteiger partial charge in [0, 0.05) is 11.8 Å². The lowest BCUT2D eigenvalue weighted by atomic mass is 10.2. The van der Waals surface area contributed by atoms with Crippen molar-refractivity contribution in [2.45, 2.75) is 13.5 Å². The van der Waals surface area contributed by atoms with Crippen LogP contribution in [0.25, 0.3) is 6.08 Å². The quantitative estimate of drug-likeness (QED) is 0.602. The van der Waals surface area contributed by atoms with Gasteiger partial charge in [0.15, 0.2) is 6.61 Å². The molecule has 0 aliphatic carbocycles. The number of esters is 1. The van der Waals surface area contributed by atoms with Crippen LogP contribution < -0.4 is 10.1 Å². The summed E-state index contributed by atoms with van der Waals surface area (Å²) in [5, 5.41) is 2.65. The van der Waals surface area contributed by atoms with Gasteiger partial charge in [0.1, 0.15) is 5.75 Å². The van der Waals surface area contributed by atoms with Crippen molar-refractivity contribution in [3.8, 4) is 5.75 Å². The zero-order chi connectivity index (χ0) is 18.9. The Labute approximate surface area is 149 Å². The van der Waals surface area contributed by atoms with Gasteiger partial charge >= 0.3 is 12.6 Å². The third kappa shape index (κ3) is 6.35. The van der Waals surface area contributed by atoms with Crippen LogP contribution >= 0.6 is 0 Å². The molecule has 0 bridgehead atoms. The predicted molar refractivity (Wildman–Crippen MR) is 92.9 cm³/mol. The van der Waals surface area contributed by atoms with E-state index >= 15 is 0 Å². The first-order chi connectivity index (χ1) is 12.4. The van der Waals surface area contributed by atoms with Gasteiger partial charge in [0.2, 0.25) is 0 Å². The van der Waals surface area contributed by atoms with E-state index in [-0.39, 0.29) is 5.75 Å². The molecule has 0 spiro atoms. The summed E-state index contributed by atoms with van der Waals surface area (Å²) in [7, 11) is 0. The van der Waals surface area contributed by atoms with Crippen molar-refractivity contribution in [2.75, 3.05) is 11.9 Å². The number of hydrogen-bond donors (Lipinski definition) is 1. The highest BCUT2D eigenvalue weighted by molar-refractivity contribution is 5.95. The molecular formula is C19H17F2NO4. The Hall–Kier alpha value is -3.22. The molecular weight excluding hydrogens is 344 g/mol. The van der Waals surface area contributed by atoms with E-state index in [0.717, 1.165) is 11.6 Å². The van der Waals surface area contributed by atoms with E-state index < -0.39 is 25.1 Å². The molecule has 0 fully saturated rings. The molecule has 0 atom stereocenters. The van der Waals surface area contributed by atoms with E-state index in [9.17, 15) is 18.4 Å². The number of aryl methyl sites for hydroxylation is 1. The number of amides is 1. The molecule has 7 heteroatoms. The fourth-order valence-electron chi connectivity index (χ4n) is 2.01. The van der Waals surface area contributed by atoms with Gasteiger partial charge < -0.3 is 14.8 Å². The van der Waals surface area contributed by atoms with Gasteiger partial charge in [-0.15, -0.1) is 0 Å². The van der Waals surface area contributed by atoms with Crippen molar-refractivity contribution >= 4 is 23.6 Å². The Morgan fingerprint density at radius 2 is 1.81 bits per heavy atom. The number of anilines is 1. The fourth-order valence-corrected chi connectivity index (χ4v) is 2.01. The topological polar surface area (TPSA) is 64.6 Å². The van der Waals surface area contributed by atoms with E-state index in [1.54, 1.807) is 12.1 Å². The van der Waals surface area contributed by atoms with E-state index in [1.807, 2.05) is 19.1 Å². The Morgan fingerprint density at radius 3 is 2.46 bits per heavy atom. The molecule has 0 aliphatic heterocycles. The van der Waals surface area contributed by atoms with Crippen LogP contribution in [0.15, 0.2) is 54.6 Å². The summed E-state index contributed by atoms with van der Waals surface area (Å²) >= 11 is 0. The van der Waals surface area contributed by atoms with Gasteiger partial charge in [0.05, 0.1) is 0 Å². The second-order valence-corrected chi connectivity index (χ2v) is 5.25. The summed E-state index contributed by atoms with van der Waals surface area (Å²) in [6, 6.07) is 13.0. The number of benzene rings is 2. The Balaban J connectivity index is 1.80. The highest BCUT2D eigenvalue weighted by Crippen LogP contribution is 2.16. The average molecular weight is 361 g/mol. The van der Waals surface area contributed by atoms with Gasteiger partial charge in [-0.1, -0.05) is 30.3 Å². The van der Waals surface area contributed by atoms with Crippen LogP contribution in [-0.2, 0) is 14.3 Å². The second-order valence-electron chi connectivity index (χ2n) is 5.25. The van der Waals surface area contributed by atoms with Gasteiger partial charge in [-0.2, -0.15) is 8.78 Å². The summed E-state index contributed by atoms with van der Waals surface area (Å²) < 4.78 is 33.2. The molecule has 2 aromatic rings. The molecule has 5 nitrogen and oxygen atoms in total. The van der Waals surface area contributed by atoms with E-state index in [4.69, 9.17) is 4.74 Å². The smallest absolute Gasteiger partial charge is 0.387 e. The third-order valence-electron chi connectivity index (χ3n) is 3.28. The molecule has 1 N–H and O–H groups in total. The van der Waals surface area contributed by atoms with Gasteiger partial charge in [-0.25, -0.2) is 4.79 Å². The monoisotopic (exact) mass is 361 g/mol. The minimum Gasteiger partial charge on any atom is -0.452 e. The summed E-state index contributed by atoms with van der Waals surface area (Å²) in [5.74, 6) is -1.13. The number of alkyl halides is 2. The van der Waals surface area contributed by atoms with E-state index in [1.165, 1.54) is 30.3 Å². The maximum Gasteiger partial charge on any atom is 0.387 e. The van der Waals surface area contributed by atoms with Crippen LogP contribution in [0.1, 0.15) is 11.1 Å². The summed E-state index contributed by atoms with van der Waals surface area (Å²) in [6.45, 7) is -1.46. The standard InChI is InChI=1S/C19H17F2NO4/c1-13-4-2-3-5-16(13)22-17(23)12-25-18(24)11-8-14-6-9-15(10-7-14)26-19(20)21/h2-11,19H,12H2,1H3,(H,22,23). The number of rotatable bonds is 7. The molecule has 2 rings (SSSR count). The van der Waals surface area contributed by atoms with Crippen LogP contribution in [0.4, 0.5) is 14.5 Å². The third-order valence-corrected chi connectivity index (χ3v) is 3.28. The Morgan fingerprint density at radius 1 is 1.12 bits per heavy atom. The summed E-state index contributed by atoms with van der Waals surface area (Å²) in [4.78, 5) is 23.4. The number of para-hydroxylation sites is 1. The van der Waals surface area contributed by atoms with Gasteiger partial charge in [0.25, 0.3) is 5.91 Å². The van der Waals surface area contributed by atoms with Crippen molar-refractivity contribution in [2.24, 2.45) is 0 Å².